The van der Waals surface area contributed by atoms with Crippen molar-refractivity contribution in [2.24, 2.45) is 0 Å². The monoisotopic (exact) mass is 243 g/mol. The summed E-state index contributed by atoms with van der Waals surface area (Å²) in [5.74, 6) is 1.09. The second kappa shape index (κ2) is 5.83. The van der Waals surface area contributed by atoms with Gasteiger partial charge in [-0.25, -0.2) is 4.98 Å². The van der Waals surface area contributed by atoms with Gasteiger partial charge in [-0.05, 0) is 44.6 Å². The van der Waals surface area contributed by atoms with Gasteiger partial charge in [-0.15, -0.1) is 0 Å². The first-order valence-electron chi connectivity index (χ1n) is 6.44. The second-order valence-corrected chi connectivity index (χ2v) is 4.70. The van der Waals surface area contributed by atoms with Crippen LogP contribution in [0.2, 0.25) is 0 Å². The summed E-state index contributed by atoms with van der Waals surface area (Å²) in [6.45, 7) is 4.19. The number of hydrogen-bond donors (Lipinski definition) is 1. The van der Waals surface area contributed by atoms with E-state index in [1.807, 2.05) is 13.1 Å². The molecule has 0 spiro atoms. The summed E-state index contributed by atoms with van der Waals surface area (Å²) in [4.78, 5) is 6.99. The summed E-state index contributed by atoms with van der Waals surface area (Å²) in [6, 6.07) is 10.5. The number of nitrogens with zero attached hydrogens (tertiary/aromatic N) is 2. The van der Waals surface area contributed by atoms with Gasteiger partial charge in [0.2, 0.25) is 0 Å². The molecule has 2 aromatic rings. The SMILES string of the molecule is CNCCCN(C)c1nc2ccccc2cc1C. The fourth-order valence-electron chi connectivity index (χ4n) is 2.20. The zero-order chi connectivity index (χ0) is 13.0. The van der Waals surface area contributed by atoms with Crippen molar-refractivity contribution in [3.8, 4) is 0 Å². The number of pyridine rings is 1. The molecule has 1 heterocycles. The highest BCUT2D eigenvalue weighted by molar-refractivity contribution is 5.81. The van der Waals surface area contributed by atoms with Crippen molar-refractivity contribution in [3.05, 3.63) is 35.9 Å². The third-order valence-electron chi connectivity index (χ3n) is 3.17. The summed E-state index contributed by atoms with van der Waals surface area (Å²) < 4.78 is 0. The molecular weight excluding hydrogens is 222 g/mol. The normalized spacial score (nSPS) is 10.8. The Bertz CT molecular complexity index is 522. The van der Waals surface area contributed by atoms with Crippen LogP contribution in [0.4, 0.5) is 5.82 Å². The minimum absolute atomic E-state index is 1.02. The average Bonchev–Trinajstić information content (AvgIpc) is 2.38. The van der Waals surface area contributed by atoms with E-state index in [1.165, 1.54) is 10.9 Å². The third kappa shape index (κ3) is 2.79. The Labute approximate surface area is 109 Å². The number of rotatable bonds is 5. The Morgan fingerprint density at radius 2 is 2.06 bits per heavy atom. The first kappa shape index (κ1) is 12.8. The van der Waals surface area contributed by atoms with Gasteiger partial charge in [0.25, 0.3) is 0 Å². The Morgan fingerprint density at radius 1 is 1.28 bits per heavy atom. The first-order valence-corrected chi connectivity index (χ1v) is 6.44. The maximum atomic E-state index is 4.76. The van der Waals surface area contributed by atoms with Crippen LogP contribution in [0, 0.1) is 6.92 Å². The molecule has 1 N–H and O–H groups in total. The maximum absolute atomic E-state index is 4.76. The van der Waals surface area contributed by atoms with E-state index in [9.17, 15) is 0 Å². The molecule has 0 bridgehead atoms. The molecule has 0 atom stereocenters. The smallest absolute Gasteiger partial charge is 0.131 e. The lowest BCUT2D eigenvalue weighted by Gasteiger charge is -2.20. The lowest BCUT2D eigenvalue weighted by atomic mass is 10.1. The number of fused-ring (bicyclic) bond motifs is 1. The minimum atomic E-state index is 1.02. The number of anilines is 1. The van der Waals surface area contributed by atoms with Gasteiger partial charge in [-0.2, -0.15) is 0 Å². The highest BCUT2D eigenvalue weighted by Gasteiger charge is 2.07. The molecular formula is C15H21N3. The molecule has 1 aromatic heterocycles. The molecule has 0 fully saturated rings. The van der Waals surface area contributed by atoms with Crippen LogP contribution in [0.3, 0.4) is 0 Å². The Balaban J connectivity index is 2.24. The topological polar surface area (TPSA) is 28.2 Å². The van der Waals surface area contributed by atoms with Crippen molar-refractivity contribution in [1.82, 2.24) is 10.3 Å². The average molecular weight is 243 g/mol. The van der Waals surface area contributed by atoms with Crippen molar-refractivity contribution >= 4 is 16.7 Å². The molecule has 2 rings (SSSR count). The van der Waals surface area contributed by atoms with E-state index < -0.39 is 0 Å². The Hall–Kier alpha value is -1.61. The molecule has 0 aliphatic heterocycles. The summed E-state index contributed by atoms with van der Waals surface area (Å²) >= 11 is 0. The summed E-state index contributed by atoms with van der Waals surface area (Å²) in [5, 5.41) is 4.38. The fourth-order valence-corrected chi connectivity index (χ4v) is 2.20. The summed E-state index contributed by atoms with van der Waals surface area (Å²) in [7, 11) is 4.10. The number of hydrogen-bond acceptors (Lipinski definition) is 3. The molecule has 3 nitrogen and oxygen atoms in total. The van der Waals surface area contributed by atoms with Gasteiger partial charge in [0.15, 0.2) is 0 Å². The summed E-state index contributed by atoms with van der Waals surface area (Å²) in [5.41, 5.74) is 2.30. The van der Waals surface area contributed by atoms with Crippen LogP contribution in [-0.4, -0.2) is 32.2 Å². The third-order valence-corrected chi connectivity index (χ3v) is 3.17. The molecule has 0 aliphatic carbocycles. The van der Waals surface area contributed by atoms with E-state index in [4.69, 9.17) is 4.98 Å². The van der Waals surface area contributed by atoms with Crippen LogP contribution in [0.5, 0.6) is 0 Å². The van der Waals surface area contributed by atoms with Crippen LogP contribution < -0.4 is 10.2 Å². The van der Waals surface area contributed by atoms with Crippen molar-refractivity contribution < 1.29 is 0 Å². The lowest BCUT2D eigenvalue weighted by Crippen LogP contribution is -2.23. The molecule has 0 unspecified atom stereocenters. The molecule has 0 amide bonds. The maximum Gasteiger partial charge on any atom is 0.131 e. The lowest BCUT2D eigenvalue weighted by molar-refractivity contribution is 0.709. The van der Waals surface area contributed by atoms with Crippen LogP contribution in [0.15, 0.2) is 30.3 Å². The highest BCUT2D eigenvalue weighted by Crippen LogP contribution is 2.21. The molecule has 18 heavy (non-hydrogen) atoms. The Morgan fingerprint density at radius 3 is 2.83 bits per heavy atom. The molecule has 0 aliphatic rings. The first-order chi connectivity index (χ1) is 8.72. The van der Waals surface area contributed by atoms with E-state index in [0.29, 0.717) is 0 Å². The van der Waals surface area contributed by atoms with Crippen molar-refractivity contribution in [1.29, 1.82) is 0 Å². The number of aromatic nitrogens is 1. The van der Waals surface area contributed by atoms with Gasteiger partial charge in [0, 0.05) is 19.0 Å². The van der Waals surface area contributed by atoms with Crippen LogP contribution in [-0.2, 0) is 0 Å². The largest absolute Gasteiger partial charge is 0.359 e. The van der Waals surface area contributed by atoms with Gasteiger partial charge in [-0.1, -0.05) is 18.2 Å². The van der Waals surface area contributed by atoms with Crippen LogP contribution in [0.1, 0.15) is 12.0 Å². The molecule has 96 valence electrons. The molecule has 0 saturated carbocycles. The highest BCUT2D eigenvalue weighted by atomic mass is 15.2. The van der Waals surface area contributed by atoms with E-state index in [2.05, 4.69) is 48.5 Å². The van der Waals surface area contributed by atoms with Gasteiger partial charge in [0.1, 0.15) is 5.82 Å². The van der Waals surface area contributed by atoms with Gasteiger partial charge >= 0.3 is 0 Å². The second-order valence-electron chi connectivity index (χ2n) is 4.70. The minimum Gasteiger partial charge on any atom is -0.359 e. The molecule has 0 saturated heterocycles. The van der Waals surface area contributed by atoms with E-state index in [1.54, 1.807) is 0 Å². The summed E-state index contributed by atoms with van der Waals surface area (Å²) in [6.07, 6.45) is 1.13. The van der Waals surface area contributed by atoms with Crippen LogP contribution in [0.25, 0.3) is 10.9 Å². The fraction of sp³-hybridized carbons (Fsp3) is 0.400. The number of para-hydroxylation sites is 1. The Kier molecular flexibility index (Phi) is 4.15. The van der Waals surface area contributed by atoms with Crippen molar-refractivity contribution in [2.75, 3.05) is 32.1 Å². The molecule has 3 heteroatoms. The van der Waals surface area contributed by atoms with E-state index >= 15 is 0 Å². The zero-order valence-electron chi connectivity index (χ0n) is 11.4. The van der Waals surface area contributed by atoms with Crippen molar-refractivity contribution in [3.63, 3.8) is 0 Å². The zero-order valence-corrected chi connectivity index (χ0v) is 11.4. The van der Waals surface area contributed by atoms with E-state index in [-0.39, 0.29) is 0 Å². The quantitative estimate of drug-likeness (QED) is 0.818. The van der Waals surface area contributed by atoms with Gasteiger partial charge in [0.05, 0.1) is 5.52 Å². The van der Waals surface area contributed by atoms with E-state index in [0.717, 1.165) is 30.8 Å². The standard InChI is InChI=1S/C15H21N3/c1-12-11-13-7-4-5-8-14(13)17-15(12)18(3)10-6-9-16-2/h4-5,7-8,11,16H,6,9-10H2,1-3H3. The molecule has 0 radical (unpaired) electrons. The predicted molar refractivity (Wildman–Crippen MR) is 78.3 cm³/mol. The number of benzene rings is 1. The molecule has 1 aromatic carbocycles. The van der Waals surface area contributed by atoms with Gasteiger partial charge in [-0.3, -0.25) is 0 Å². The predicted octanol–water partition coefficient (Wildman–Crippen LogP) is 2.59. The number of aryl methyl sites for hydroxylation is 1. The van der Waals surface area contributed by atoms with Gasteiger partial charge < -0.3 is 10.2 Å². The van der Waals surface area contributed by atoms with Crippen LogP contribution >= 0.6 is 0 Å². The number of nitrogens with one attached hydrogen (secondary N) is 1. The van der Waals surface area contributed by atoms with Crippen molar-refractivity contribution in [2.45, 2.75) is 13.3 Å².